The van der Waals surface area contributed by atoms with Gasteiger partial charge in [0.15, 0.2) is 0 Å². The van der Waals surface area contributed by atoms with E-state index in [1.807, 2.05) is 7.11 Å². The van der Waals surface area contributed by atoms with Crippen LogP contribution in [0.15, 0.2) is 0 Å². The van der Waals surface area contributed by atoms with E-state index in [-0.39, 0.29) is 6.23 Å². The lowest BCUT2D eigenvalue weighted by Gasteiger charge is -2.37. The van der Waals surface area contributed by atoms with Crippen LogP contribution in [0.5, 0.6) is 0 Å². The third-order valence-corrected chi connectivity index (χ3v) is 4.74. The molecule has 0 spiro atoms. The summed E-state index contributed by atoms with van der Waals surface area (Å²) in [6.07, 6.45) is 8.62. The Morgan fingerprint density at radius 3 is 2.72 bits per heavy atom. The van der Waals surface area contributed by atoms with Crippen molar-refractivity contribution in [1.82, 2.24) is 5.32 Å². The van der Waals surface area contributed by atoms with Gasteiger partial charge in [0.2, 0.25) is 0 Å². The zero-order valence-corrected chi connectivity index (χ0v) is 12.2. The Kier molecular flexibility index (Phi) is 5.46. The highest BCUT2D eigenvalue weighted by molar-refractivity contribution is 4.80. The largest absolute Gasteiger partial charge is 0.381 e. The fourth-order valence-corrected chi connectivity index (χ4v) is 3.33. The van der Waals surface area contributed by atoms with Crippen LogP contribution >= 0.6 is 0 Å². The number of hydrogen-bond acceptors (Lipinski definition) is 3. The average molecular weight is 255 g/mol. The minimum atomic E-state index is 0.278. The Balaban J connectivity index is 1.81. The first kappa shape index (κ1) is 14.3. The van der Waals surface area contributed by atoms with Gasteiger partial charge in [-0.05, 0) is 57.4 Å². The summed E-state index contributed by atoms with van der Waals surface area (Å²) in [6.45, 7) is 5.60. The summed E-state index contributed by atoms with van der Waals surface area (Å²) < 4.78 is 11.8. The molecule has 2 fully saturated rings. The van der Waals surface area contributed by atoms with E-state index < -0.39 is 0 Å². The van der Waals surface area contributed by atoms with Crippen molar-refractivity contribution in [3.05, 3.63) is 0 Å². The molecular formula is C15H29NO2. The molecule has 0 aromatic heterocycles. The Hall–Kier alpha value is -0.120. The lowest BCUT2D eigenvalue weighted by atomic mass is 9.84. The van der Waals surface area contributed by atoms with Gasteiger partial charge in [-0.25, -0.2) is 0 Å². The van der Waals surface area contributed by atoms with Crippen LogP contribution < -0.4 is 5.32 Å². The fraction of sp³-hybridized carbons (Fsp3) is 1.00. The summed E-state index contributed by atoms with van der Waals surface area (Å²) in [4.78, 5) is 0. The van der Waals surface area contributed by atoms with Gasteiger partial charge in [0.1, 0.15) is 6.23 Å². The number of piperidine rings is 1. The number of rotatable bonds is 4. The first-order chi connectivity index (χ1) is 8.70. The zero-order valence-electron chi connectivity index (χ0n) is 12.2. The Bertz CT molecular complexity index is 247. The van der Waals surface area contributed by atoms with Gasteiger partial charge in [-0.15, -0.1) is 0 Å². The molecule has 0 radical (unpaired) electrons. The van der Waals surface area contributed by atoms with E-state index in [4.69, 9.17) is 9.47 Å². The van der Waals surface area contributed by atoms with Crippen molar-refractivity contribution >= 4 is 0 Å². The summed E-state index contributed by atoms with van der Waals surface area (Å²) in [5, 5.41) is 3.52. The molecule has 5 unspecified atom stereocenters. The van der Waals surface area contributed by atoms with Crippen molar-refractivity contribution in [1.29, 1.82) is 0 Å². The Labute approximate surface area is 112 Å². The van der Waals surface area contributed by atoms with Crippen LogP contribution in [0, 0.1) is 11.8 Å². The summed E-state index contributed by atoms with van der Waals surface area (Å²) in [5.41, 5.74) is 0. The highest BCUT2D eigenvalue weighted by Crippen LogP contribution is 2.31. The van der Waals surface area contributed by atoms with Crippen LogP contribution in [-0.2, 0) is 9.47 Å². The van der Waals surface area contributed by atoms with Crippen LogP contribution in [0.1, 0.15) is 52.4 Å². The normalized spacial score (nSPS) is 39.5. The van der Waals surface area contributed by atoms with Crippen LogP contribution in [0.4, 0.5) is 0 Å². The molecule has 1 saturated heterocycles. The van der Waals surface area contributed by atoms with Gasteiger partial charge in [-0.1, -0.05) is 13.3 Å². The third-order valence-electron chi connectivity index (χ3n) is 4.74. The van der Waals surface area contributed by atoms with Gasteiger partial charge in [-0.3, -0.25) is 5.32 Å². The van der Waals surface area contributed by atoms with Gasteiger partial charge >= 0.3 is 0 Å². The van der Waals surface area contributed by atoms with Gasteiger partial charge in [-0.2, -0.15) is 0 Å². The molecule has 2 rings (SSSR count). The number of nitrogens with one attached hydrogen (secondary N) is 1. The molecule has 0 aromatic carbocycles. The molecule has 5 atom stereocenters. The summed E-state index contributed by atoms with van der Waals surface area (Å²) in [5.74, 6) is 1.33. The van der Waals surface area contributed by atoms with Crippen molar-refractivity contribution in [2.45, 2.75) is 70.8 Å². The van der Waals surface area contributed by atoms with Crippen LogP contribution in [0.25, 0.3) is 0 Å². The van der Waals surface area contributed by atoms with E-state index in [0.717, 1.165) is 6.54 Å². The van der Waals surface area contributed by atoms with Crippen molar-refractivity contribution < 1.29 is 9.47 Å². The van der Waals surface area contributed by atoms with E-state index in [0.29, 0.717) is 24.0 Å². The fourth-order valence-electron chi connectivity index (χ4n) is 3.33. The minimum absolute atomic E-state index is 0.278. The molecule has 1 heterocycles. The smallest absolute Gasteiger partial charge is 0.111 e. The predicted molar refractivity (Wildman–Crippen MR) is 73.5 cm³/mol. The zero-order chi connectivity index (χ0) is 13.0. The molecule has 1 aliphatic carbocycles. The first-order valence-corrected chi connectivity index (χ1v) is 7.62. The second-order valence-corrected chi connectivity index (χ2v) is 6.12. The third kappa shape index (κ3) is 3.69. The van der Waals surface area contributed by atoms with Gasteiger partial charge < -0.3 is 9.47 Å². The van der Waals surface area contributed by atoms with Crippen LogP contribution in [0.3, 0.4) is 0 Å². The molecule has 0 bridgehead atoms. The highest BCUT2D eigenvalue weighted by Gasteiger charge is 2.30. The minimum Gasteiger partial charge on any atom is -0.381 e. The van der Waals surface area contributed by atoms with E-state index >= 15 is 0 Å². The molecule has 0 aromatic rings. The second kappa shape index (κ2) is 6.88. The quantitative estimate of drug-likeness (QED) is 0.838. The molecule has 1 aliphatic heterocycles. The first-order valence-electron chi connectivity index (χ1n) is 7.62. The number of ether oxygens (including phenoxy) is 2. The van der Waals surface area contributed by atoms with E-state index in [2.05, 4.69) is 19.2 Å². The standard InChI is InChI=1S/C15H29NO2/c1-11-6-5-9-16-15(11)18-14-8-4-7-13(10-14)12(2)17-3/h11-16H,4-10H2,1-3H3. The molecule has 1 N–H and O–H groups in total. The van der Waals surface area contributed by atoms with Crippen molar-refractivity contribution in [2.75, 3.05) is 13.7 Å². The van der Waals surface area contributed by atoms with Crippen molar-refractivity contribution in [2.24, 2.45) is 11.8 Å². The van der Waals surface area contributed by atoms with E-state index in [9.17, 15) is 0 Å². The molecular weight excluding hydrogens is 226 g/mol. The summed E-state index contributed by atoms with van der Waals surface area (Å²) in [6, 6.07) is 0. The molecule has 1 saturated carbocycles. The molecule has 106 valence electrons. The maximum absolute atomic E-state index is 6.30. The average Bonchev–Trinajstić information content (AvgIpc) is 2.41. The van der Waals surface area contributed by atoms with Gasteiger partial charge in [0, 0.05) is 7.11 Å². The van der Waals surface area contributed by atoms with E-state index in [1.165, 1.54) is 38.5 Å². The summed E-state index contributed by atoms with van der Waals surface area (Å²) >= 11 is 0. The maximum atomic E-state index is 6.30. The lowest BCUT2D eigenvalue weighted by Crippen LogP contribution is -2.45. The van der Waals surface area contributed by atoms with Crippen LogP contribution in [0.2, 0.25) is 0 Å². The predicted octanol–water partition coefficient (Wildman–Crippen LogP) is 2.94. The topological polar surface area (TPSA) is 30.5 Å². The molecule has 3 nitrogen and oxygen atoms in total. The monoisotopic (exact) mass is 255 g/mol. The second-order valence-electron chi connectivity index (χ2n) is 6.12. The number of hydrogen-bond donors (Lipinski definition) is 1. The lowest BCUT2D eigenvalue weighted by molar-refractivity contribution is -0.0973. The van der Waals surface area contributed by atoms with Crippen LogP contribution in [-0.4, -0.2) is 32.1 Å². The molecule has 18 heavy (non-hydrogen) atoms. The molecule has 3 heteroatoms. The maximum Gasteiger partial charge on any atom is 0.111 e. The highest BCUT2D eigenvalue weighted by atomic mass is 16.5. The van der Waals surface area contributed by atoms with Gasteiger partial charge in [0.25, 0.3) is 0 Å². The molecule has 2 aliphatic rings. The Morgan fingerprint density at radius 1 is 1.17 bits per heavy atom. The van der Waals surface area contributed by atoms with Crippen molar-refractivity contribution in [3.63, 3.8) is 0 Å². The SMILES string of the molecule is COC(C)C1CCCC(OC2NCCCC2C)C1. The van der Waals surface area contributed by atoms with Crippen molar-refractivity contribution in [3.8, 4) is 0 Å². The van der Waals surface area contributed by atoms with Gasteiger partial charge in [0.05, 0.1) is 12.2 Å². The Morgan fingerprint density at radius 2 is 2.00 bits per heavy atom. The number of methoxy groups -OCH3 is 1. The molecule has 0 amide bonds. The summed E-state index contributed by atoms with van der Waals surface area (Å²) in [7, 11) is 1.82. The van der Waals surface area contributed by atoms with E-state index in [1.54, 1.807) is 0 Å².